The lowest BCUT2D eigenvalue weighted by atomic mass is 10.0. The number of aliphatic hydroxyl groups excluding tert-OH is 1. The van der Waals surface area contributed by atoms with Crippen molar-refractivity contribution >= 4 is 21.6 Å². The van der Waals surface area contributed by atoms with E-state index in [0.717, 1.165) is 25.8 Å². The standard InChI is InChI=1S/C35H47N3O6S/c1-26-22-38(27(2)25-39)35(40)32-21-30(36-45(41,42)31-16-9-6-10-17-31)18-19-33(32)44-28(3)13-11-12-20-43-34(26)24-37(4)23-29-14-7-5-8-15-29/h5-10,14-19,21,26-28,34,36,39H,11-13,20,22-25H2,1-4H3/t26-,27-,28-,34-/m0/s1. The van der Waals surface area contributed by atoms with Gasteiger partial charge in [0.1, 0.15) is 5.75 Å². The Morgan fingerprint density at radius 2 is 1.71 bits per heavy atom. The van der Waals surface area contributed by atoms with Crippen LogP contribution >= 0.6 is 0 Å². The summed E-state index contributed by atoms with van der Waals surface area (Å²) in [6.07, 6.45) is 2.21. The third-order valence-electron chi connectivity index (χ3n) is 8.14. The quantitative estimate of drug-likeness (QED) is 0.323. The van der Waals surface area contributed by atoms with Gasteiger partial charge in [0.25, 0.3) is 15.9 Å². The van der Waals surface area contributed by atoms with Crippen LogP contribution in [0.25, 0.3) is 0 Å². The molecule has 0 radical (unpaired) electrons. The highest BCUT2D eigenvalue weighted by molar-refractivity contribution is 7.92. The number of rotatable bonds is 9. The Morgan fingerprint density at radius 3 is 2.40 bits per heavy atom. The van der Waals surface area contributed by atoms with Gasteiger partial charge in [-0.1, -0.05) is 55.5 Å². The summed E-state index contributed by atoms with van der Waals surface area (Å²) in [5.74, 6) is -0.0302. The van der Waals surface area contributed by atoms with Gasteiger partial charge in [0, 0.05) is 37.8 Å². The average Bonchev–Trinajstić information content (AvgIpc) is 3.03. The fourth-order valence-electron chi connectivity index (χ4n) is 5.53. The lowest BCUT2D eigenvalue weighted by molar-refractivity contribution is -0.0177. The number of ether oxygens (including phenoxy) is 2. The molecule has 4 rings (SSSR count). The van der Waals surface area contributed by atoms with Crippen molar-refractivity contribution in [3.63, 3.8) is 0 Å². The van der Waals surface area contributed by atoms with Crippen molar-refractivity contribution in [2.45, 2.75) is 69.7 Å². The number of carbonyl (C=O) groups excluding carboxylic acids is 1. The van der Waals surface area contributed by atoms with E-state index >= 15 is 0 Å². The Balaban J connectivity index is 1.64. The highest BCUT2D eigenvalue weighted by atomic mass is 32.2. The van der Waals surface area contributed by atoms with Crippen LogP contribution in [0.5, 0.6) is 5.75 Å². The third kappa shape index (κ3) is 9.77. The lowest BCUT2D eigenvalue weighted by Crippen LogP contribution is -2.47. The van der Waals surface area contributed by atoms with Crippen LogP contribution in [0.1, 0.15) is 56.0 Å². The number of sulfonamides is 1. The van der Waals surface area contributed by atoms with Crippen molar-refractivity contribution in [3.05, 3.63) is 90.0 Å². The van der Waals surface area contributed by atoms with E-state index in [1.54, 1.807) is 42.2 Å². The molecule has 244 valence electrons. The number of nitrogens with one attached hydrogen (secondary N) is 1. The summed E-state index contributed by atoms with van der Waals surface area (Å²) in [5, 5.41) is 10.2. The summed E-state index contributed by atoms with van der Waals surface area (Å²) < 4.78 is 41.5. The molecule has 0 unspecified atom stereocenters. The minimum absolute atomic E-state index is 0.0628. The zero-order valence-corrected chi connectivity index (χ0v) is 27.6. The van der Waals surface area contributed by atoms with E-state index in [1.165, 1.54) is 23.8 Å². The highest BCUT2D eigenvalue weighted by Crippen LogP contribution is 2.29. The SMILES string of the molecule is C[C@H]1CCCCO[C@@H](CN(C)Cc2ccccc2)[C@@H](C)CN([C@@H](C)CO)C(=O)c2cc(NS(=O)(=O)c3ccccc3)ccc2O1. The Labute approximate surface area is 268 Å². The molecule has 0 fully saturated rings. The molecule has 45 heavy (non-hydrogen) atoms. The van der Waals surface area contributed by atoms with Gasteiger partial charge in [0.2, 0.25) is 0 Å². The van der Waals surface area contributed by atoms with Gasteiger partial charge in [0.05, 0.1) is 35.3 Å². The molecule has 0 spiro atoms. The van der Waals surface area contributed by atoms with Crippen LogP contribution in [0.4, 0.5) is 5.69 Å². The van der Waals surface area contributed by atoms with Gasteiger partial charge in [-0.3, -0.25) is 14.4 Å². The minimum Gasteiger partial charge on any atom is -0.490 e. The van der Waals surface area contributed by atoms with Crippen LogP contribution in [0.15, 0.2) is 83.8 Å². The van der Waals surface area contributed by atoms with Crippen LogP contribution < -0.4 is 9.46 Å². The van der Waals surface area contributed by atoms with Gasteiger partial charge in [-0.25, -0.2) is 8.42 Å². The first kappa shape index (κ1) is 34.4. The van der Waals surface area contributed by atoms with Crippen molar-refractivity contribution in [2.24, 2.45) is 5.92 Å². The number of hydrogen-bond acceptors (Lipinski definition) is 7. The number of hydrogen-bond donors (Lipinski definition) is 2. The molecule has 9 nitrogen and oxygen atoms in total. The van der Waals surface area contributed by atoms with Crippen LogP contribution in [-0.2, 0) is 21.3 Å². The van der Waals surface area contributed by atoms with Gasteiger partial charge in [0.15, 0.2) is 0 Å². The molecule has 10 heteroatoms. The van der Waals surface area contributed by atoms with E-state index in [1.807, 2.05) is 25.1 Å². The monoisotopic (exact) mass is 637 g/mol. The van der Waals surface area contributed by atoms with Crippen molar-refractivity contribution in [1.82, 2.24) is 9.80 Å². The molecule has 0 saturated heterocycles. The first-order valence-corrected chi connectivity index (χ1v) is 17.2. The summed E-state index contributed by atoms with van der Waals surface area (Å²) in [5.41, 5.74) is 1.69. The Kier molecular flexibility index (Phi) is 12.4. The van der Waals surface area contributed by atoms with E-state index in [9.17, 15) is 18.3 Å². The molecule has 0 aromatic heterocycles. The summed E-state index contributed by atoms with van der Waals surface area (Å²) in [6.45, 7) is 7.98. The smallest absolute Gasteiger partial charge is 0.261 e. The maximum Gasteiger partial charge on any atom is 0.261 e. The Bertz CT molecular complexity index is 1470. The van der Waals surface area contributed by atoms with Crippen molar-refractivity contribution < 1.29 is 27.8 Å². The largest absolute Gasteiger partial charge is 0.490 e. The van der Waals surface area contributed by atoms with Crippen molar-refractivity contribution in [2.75, 3.05) is 38.1 Å². The van der Waals surface area contributed by atoms with Crippen LogP contribution in [-0.4, -0.2) is 80.8 Å². The van der Waals surface area contributed by atoms with Gasteiger partial charge in [-0.15, -0.1) is 0 Å². The molecule has 3 aromatic rings. The molecule has 0 aliphatic carbocycles. The zero-order valence-electron chi connectivity index (χ0n) is 26.8. The van der Waals surface area contributed by atoms with E-state index < -0.39 is 16.1 Å². The third-order valence-corrected chi connectivity index (χ3v) is 9.54. The normalized spacial score (nSPS) is 21.0. The summed E-state index contributed by atoms with van der Waals surface area (Å²) in [6, 6.07) is 22.6. The lowest BCUT2D eigenvalue weighted by Gasteiger charge is -2.36. The predicted octanol–water partition coefficient (Wildman–Crippen LogP) is 5.41. The van der Waals surface area contributed by atoms with Gasteiger partial charge in [-0.05, 0) is 76.1 Å². The number of fused-ring (bicyclic) bond motifs is 1. The Hall–Kier alpha value is -3.44. The minimum atomic E-state index is -3.88. The molecule has 0 saturated carbocycles. The van der Waals surface area contributed by atoms with Crippen molar-refractivity contribution in [3.8, 4) is 5.75 Å². The second-order valence-corrected chi connectivity index (χ2v) is 13.8. The predicted molar refractivity (Wildman–Crippen MR) is 177 cm³/mol. The number of anilines is 1. The second kappa shape index (κ2) is 16.2. The van der Waals surface area contributed by atoms with E-state index in [2.05, 4.69) is 35.7 Å². The Morgan fingerprint density at radius 1 is 1.02 bits per heavy atom. The molecule has 3 aromatic carbocycles. The van der Waals surface area contributed by atoms with Gasteiger partial charge < -0.3 is 19.5 Å². The summed E-state index contributed by atoms with van der Waals surface area (Å²) >= 11 is 0. The molecule has 1 amide bonds. The van der Waals surface area contributed by atoms with E-state index in [4.69, 9.17) is 9.47 Å². The zero-order chi connectivity index (χ0) is 32.4. The van der Waals surface area contributed by atoms with Crippen LogP contribution in [0.2, 0.25) is 0 Å². The first-order valence-electron chi connectivity index (χ1n) is 15.7. The number of carbonyl (C=O) groups is 1. The van der Waals surface area contributed by atoms with E-state index in [0.29, 0.717) is 25.4 Å². The second-order valence-electron chi connectivity index (χ2n) is 12.1. The average molecular weight is 638 g/mol. The van der Waals surface area contributed by atoms with Gasteiger partial charge >= 0.3 is 0 Å². The summed E-state index contributed by atoms with van der Waals surface area (Å²) in [4.78, 5) is 18.3. The maximum atomic E-state index is 14.3. The molecular weight excluding hydrogens is 590 g/mol. The topological polar surface area (TPSA) is 108 Å². The molecule has 0 bridgehead atoms. The van der Waals surface area contributed by atoms with Crippen molar-refractivity contribution in [1.29, 1.82) is 0 Å². The number of benzene rings is 3. The number of likely N-dealkylation sites (N-methyl/N-ethyl adjacent to an activating group) is 1. The molecule has 1 aliphatic rings. The number of aliphatic hydroxyl groups is 1. The first-order chi connectivity index (χ1) is 21.6. The number of nitrogens with zero attached hydrogens (tertiary/aromatic N) is 2. The molecule has 2 N–H and O–H groups in total. The fraction of sp³-hybridized carbons (Fsp3) is 0.457. The van der Waals surface area contributed by atoms with Crippen LogP contribution in [0.3, 0.4) is 0 Å². The molecular formula is C35H47N3O6S. The van der Waals surface area contributed by atoms with Crippen LogP contribution in [0, 0.1) is 5.92 Å². The molecule has 1 heterocycles. The molecule has 1 aliphatic heterocycles. The van der Waals surface area contributed by atoms with Gasteiger partial charge in [-0.2, -0.15) is 0 Å². The van der Waals surface area contributed by atoms with E-state index in [-0.39, 0.29) is 46.8 Å². The fourth-order valence-corrected chi connectivity index (χ4v) is 6.60. The maximum absolute atomic E-state index is 14.3. The highest BCUT2D eigenvalue weighted by Gasteiger charge is 2.30. The number of amides is 1. The summed E-state index contributed by atoms with van der Waals surface area (Å²) in [7, 11) is -1.81. The molecule has 4 atom stereocenters.